The molecule has 4 nitrogen and oxygen atoms in total. The van der Waals surface area contributed by atoms with Crippen molar-refractivity contribution >= 4 is 46.0 Å². The number of ether oxygens (including phenoxy) is 1. The Morgan fingerprint density at radius 1 is 1.32 bits per heavy atom. The van der Waals surface area contributed by atoms with Gasteiger partial charge < -0.3 is 15.0 Å². The van der Waals surface area contributed by atoms with Crippen LogP contribution in [0.4, 0.5) is 5.69 Å². The average Bonchev–Trinajstić information content (AvgIpc) is 2.81. The largest absolute Gasteiger partial charge is 0.493 e. The summed E-state index contributed by atoms with van der Waals surface area (Å²) in [6.45, 7) is 8.66. The number of anilines is 1. The standard InChI is InChI=1S/C16H20N2O2S2/c1-4-18(5-2)12-8-7-11(13(10-12)20-6-3)9-14-15(19)17-16(21)22-14/h7-10H,4-6H2,1-3H3,(H,17,19,21)/b14-9+. The van der Waals surface area contributed by atoms with E-state index in [1.165, 1.54) is 11.8 Å². The molecule has 1 amide bonds. The predicted octanol–water partition coefficient (Wildman–Crippen LogP) is 3.42. The molecule has 1 N–H and O–H groups in total. The van der Waals surface area contributed by atoms with Gasteiger partial charge in [-0.3, -0.25) is 4.79 Å². The highest BCUT2D eigenvalue weighted by molar-refractivity contribution is 8.26. The fraction of sp³-hybridized carbons (Fsp3) is 0.375. The molecule has 0 atom stereocenters. The second kappa shape index (κ2) is 7.65. The number of carbonyl (C=O) groups is 1. The molecule has 1 aromatic rings. The molecular formula is C16H20N2O2S2. The van der Waals surface area contributed by atoms with Gasteiger partial charge in [-0.15, -0.1) is 0 Å². The summed E-state index contributed by atoms with van der Waals surface area (Å²) >= 11 is 6.29. The Morgan fingerprint density at radius 3 is 2.59 bits per heavy atom. The van der Waals surface area contributed by atoms with Crippen LogP contribution in [0.5, 0.6) is 5.75 Å². The summed E-state index contributed by atoms with van der Waals surface area (Å²) < 4.78 is 6.24. The van der Waals surface area contributed by atoms with E-state index >= 15 is 0 Å². The average molecular weight is 336 g/mol. The van der Waals surface area contributed by atoms with Crippen molar-refractivity contribution in [1.82, 2.24) is 5.32 Å². The Hall–Kier alpha value is -1.53. The quantitative estimate of drug-likeness (QED) is 0.637. The van der Waals surface area contributed by atoms with Gasteiger partial charge in [-0.05, 0) is 39.0 Å². The zero-order chi connectivity index (χ0) is 16.1. The van der Waals surface area contributed by atoms with Gasteiger partial charge in [0.25, 0.3) is 5.91 Å². The van der Waals surface area contributed by atoms with Crippen LogP contribution in [0.3, 0.4) is 0 Å². The van der Waals surface area contributed by atoms with Gasteiger partial charge >= 0.3 is 0 Å². The van der Waals surface area contributed by atoms with Crippen LogP contribution in [0.15, 0.2) is 23.1 Å². The van der Waals surface area contributed by atoms with Crippen molar-refractivity contribution in [2.45, 2.75) is 20.8 Å². The molecule has 0 aromatic heterocycles. The highest BCUT2D eigenvalue weighted by Gasteiger charge is 2.22. The van der Waals surface area contributed by atoms with E-state index in [4.69, 9.17) is 17.0 Å². The van der Waals surface area contributed by atoms with E-state index < -0.39 is 0 Å². The summed E-state index contributed by atoms with van der Waals surface area (Å²) in [4.78, 5) is 14.6. The van der Waals surface area contributed by atoms with E-state index in [1.54, 1.807) is 0 Å². The molecular weight excluding hydrogens is 316 g/mol. The molecule has 0 bridgehead atoms. The van der Waals surface area contributed by atoms with E-state index in [1.807, 2.05) is 25.1 Å². The third kappa shape index (κ3) is 3.81. The minimum absolute atomic E-state index is 0.148. The lowest BCUT2D eigenvalue weighted by Crippen LogP contribution is -2.21. The number of hydrogen-bond acceptors (Lipinski definition) is 5. The zero-order valence-corrected chi connectivity index (χ0v) is 14.6. The van der Waals surface area contributed by atoms with Crippen LogP contribution in [-0.4, -0.2) is 29.9 Å². The van der Waals surface area contributed by atoms with Crippen molar-refractivity contribution in [2.24, 2.45) is 0 Å². The lowest BCUT2D eigenvalue weighted by atomic mass is 10.1. The second-order valence-corrected chi connectivity index (χ2v) is 6.40. The highest BCUT2D eigenvalue weighted by atomic mass is 32.2. The maximum Gasteiger partial charge on any atom is 0.263 e. The summed E-state index contributed by atoms with van der Waals surface area (Å²) in [5.41, 5.74) is 2.01. The molecule has 6 heteroatoms. The number of nitrogens with one attached hydrogen (secondary N) is 1. The van der Waals surface area contributed by atoms with Crippen molar-refractivity contribution in [2.75, 3.05) is 24.6 Å². The molecule has 1 saturated heterocycles. The zero-order valence-electron chi connectivity index (χ0n) is 13.0. The smallest absolute Gasteiger partial charge is 0.263 e. The molecule has 1 aliphatic rings. The third-order valence-corrected chi connectivity index (χ3v) is 4.52. The van der Waals surface area contributed by atoms with E-state index in [0.717, 1.165) is 30.1 Å². The molecule has 0 aliphatic carbocycles. The predicted molar refractivity (Wildman–Crippen MR) is 97.5 cm³/mol. The Balaban J connectivity index is 2.37. The second-order valence-electron chi connectivity index (χ2n) is 4.68. The lowest BCUT2D eigenvalue weighted by molar-refractivity contribution is -0.115. The van der Waals surface area contributed by atoms with E-state index in [0.29, 0.717) is 15.8 Å². The number of hydrogen-bond donors (Lipinski definition) is 1. The van der Waals surface area contributed by atoms with Gasteiger partial charge in [0.05, 0.1) is 11.5 Å². The Morgan fingerprint density at radius 2 is 2.05 bits per heavy atom. The number of nitrogens with zero attached hydrogens (tertiary/aromatic N) is 1. The fourth-order valence-electron chi connectivity index (χ4n) is 2.27. The van der Waals surface area contributed by atoms with Crippen LogP contribution in [0.25, 0.3) is 6.08 Å². The van der Waals surface area contributed by atoms with Gasteiger partial charge in [-0.25, -0.2) is 0 Å². The topological polar surface area (TPSA) is 41.6 Å². The highest BCUT2D eigenvalue weighted by Crippen LogP contribution is 2.32. The number of benzene rings is 1. The molecule has 1 aliphatic heterocycles. The number of thioether (sulfide) groups is 1. The third-order valence-electron chi connectivity index (χ3n) is 3.35. The molecule has 0 spiro atoms. The van der Waals surface area contributed by atoms with Crippen molar-refractivity contribution in [3.05, 3.63) is 28.7 Å². The first kappa shape index (κ1) is 16.8. The van der Waals surface area contributed by atoms with Crippen molar-refractivity contribution in [1.29, 1.82) is 0 Å². The van der Waals surface area contributed by atoms with Crippen molar-refractivity contribution in [3.8, 4) is 5.75 Å². The minimum atomic E-state index is -0.148. The van der Waals surface area contributed by atoms with E-state index in [2.05, 4.69) is 30.1 Å². The van der Waals surface area contributed by atoms with Gasteiger partial charge in [-0.2, -0.15) is 0 Å². The number of amides is 1. The molecule has 2 rings (SSSR count). The molecule has 1 aromatic carbocycles. The summed E-state index contributed by atoms with van der Waals surface area (Å²) in [5.74, 6) is 0.635. The van der Waals surface area contributed by atoms with Gasteiger partial charge in [-0.1, -0.05) is 24.0 Å². The molecule has 1 fully saturated rings. The number of thiocarbonyl (C=S) groups is 1. The van der Waals surface area contributed by atoms with Gasteiger partial charge in [0.1, 0.15) is 10.1 Å². The first-order valence-electron chi connectivity index (χ1n) is 7.35. The molecule has 1 heterocycles. The molecule has 0 saturated carbocycles. The number of carbonyl (C=O) groups excluding carboxylic acids is 1. The first-order valence-corrected chi connectivity index (χ1v) is 8.58. The van der Waals surface area contributed by atoms with Gasteiger partial charge in [0.2, 0.25) is 0 Å². The fourth-order valence-corrected chi connectivity index (χ4v) is 3.31. The van der Waals surface area contributed by atoms with Crippen LogP contribution in [0.2, 0.25) is 0 Å². The summed E-state index contributed by atoms with van der Waals surface area (Å²) in [5, 5.41) is 2.62. The van der Waals surface area contributed by atoms with Crippen LogP contribution in [0.1, 0.15) is 26.3 Å². The maximum atomic E-state index is 11.8. The monoisotopic (exact) mass is 336 g/mol. The van der Waals surface area contributed by atoms with E-state index in [-0.39, 0.29) is 5.91 Å². The molecule has 118 valence electrons. The molecule has 0 radical (unpaired) electrons. The lowest BCUT2D eigenvalue weighted by Gasteiger charge is -2.22. The maximum absolute atomic E-state index is 11.8. The van der Waals surface area contributed by atoms with Crippen molar-refractivity contribution < 1.29 is 9.53 Å². The number of rotatable bonds is 6. The van der Waals surface area contributed by atoms with Crippen LogP contribution < -0.4 is 15.0 Å². The summed E-state index contributed by atoms with van der Waals surface area (Å²) in [6, 6.07) is 6.07. The summed E-state index contributed by atoms with van der Waals surface area (Å²) in [7, 11) is 0. The van der Waals surface area contributed by atoms with Crippen molar-refractivity contribution in [3.63, 3.8) is 0 Å². The Bertz CT molecular complexity index is 610. The van der Waals surface area contributed by atoms with E-state index in [9.17, 15) is 4.79 Å². The summed E-state index contributed by atoms with van der Waals surface area (Å²) in [6.07, 6.45) is 1.83. The van der Waals surface area contributed by atoms with Crippen LogP contribution in [0, 0.1) is 0 Å². The normalized spacial score (nSPS) is 16.0. The molecule has 22 heavy (non-hydrogen) atoms. The SMILES string of the molecule is CCOc1cc(N(CC)CC)ccc1/C=C1/SC(=S)NC1=O. The molecule has 0 unspecified atom stereocenters. The first-order chi connectivity index (χ1) is 10.6. The van der Waals surface area contributed by atoms with Gasteiger partial charge in [0.15, 0.2) is 0 Å². The van der Waals surface area contributed by atoms with Gasteiger partial charge in [0, 0.05) is 30.4 Å². The minimum Gasteiger partial charge on any atom is -0.493 e. The van der Waals surface area contributed by atoms with Crippen LogP contribution >= 0.6 is 24.0 Å². The van der Waals surface area contributed by atoms with Crippen LogP contribution in [-0.2, 0) is 4.79 Å². The Labute approximate surface area is 140 Å². The Kier molecular flexibility index (Phi) is 5.85.